The van der Waals surface area contributed by atoms with E-state index < -0.39 is 0 Å². The molecule has 116 valence electrons. The summed E-state index contributed by atoms with van der Waals surface area (Å²) < 4.78 is 0. The van der Waals surface area contributed by atoms with Crippen LogP contribution in [0.4, 0.5) is 0 Å². The molecule has 0 radical (unpaired) electrons. The first-order valence-electron chi connectivity index (χ1n) is 8.76. The largest absolute Gasteiger partial charge is 0.313 e. The maximum atomic E-state index is 3.74. The Morgan fingerprint density at radius 1 is 1.10 bits per heavy atom. The van der Waals surface area contributed by atoms with Gasteiger partial charge in [0.2, 0.25) is 0 Å². The lowest BCUT2D eigenvalue weighted by Crippen LogP contribution is -2.52. The summed E-state index contributed by atoms with van der Waals surface area (Å²) in [5.74, 6) is 1.72. The average molecular weight is 286 g/mol. The fourth-order valence-corrected chi connectivity index (χ4v) is 4.01. The van der Waals surface area contributed by atoms with Crippen molar-refractivity contribution < 1.29 is 0 Å². The molecule has 3 unspecified atom stereocenters. The molecule has 2 saturated carbocycles. The molecular formula is C19H30N2. The van der Waals surface area contributed by atoms with Crippen LogP contribution in [0.5, 0.6) is 0 Å². The maximum Gasteiger partial charge on any atom is 0.0252 e. The van der Waals surface area contributed by atoms with Crippen molar-refractivity contribution in [1.29, 1.82) is 0 Å². The summed E-state index contributed by atoms with van der Waals surface area (Å²) in [6.45, 7) is 4.63. The number of nitrogens with one attached hydrogen (secondary N) is 1. The van der Waals surface area contributed by atoms with E-state index in [0.717, 1.165) is 18.4 Å². The summed E-state index contributed by atoms with van der Waals surface area (Å²) in [5, 5.41) is 3.74. The summed E-state index contributed by atoms with van der Waals surface area (Å²) in [4.78, 5) is 2.65. The highest BCUT2D eigenvalue weighted by Crippen LogP contribution is 2.37. The standard InChI is InChI=1S/C19H30N2/c1-3-20-18-12-11-17(16-7-5-4-6-8-16)13-19(18)21(2)14-15-9-10-15/h4-8,15,17-20H,3,9-14H2,1-2H3. The van der Waals surface area contributed by atoms with Gasteiger partial charge in [0, 0.05) is 18.6 Å². The van der Waals surface area contributed by atoms with Gasteiger partial charge in [-0.05, 0) is 63.1 Å². The first-order valence-corrected chi connectivity index (χ1v) is 8.76. The molecule has 0 bridgehead atoms. The third-order valence-electron chi connectivity index (χ3n) is 5.36. The Hall–Kier alpha value is -0.860. The second-order valence-corrected chi connectivity index (χ2v) is 7.04. The van der Waals surface area contributed by atoms with Crippen LogP contribution in [0.2, 0.25) is 0 Å². The Balaban J connectivity index is 1.68. The number of nitrogens with zero attached hydrogens (tertiary/aromatic N) is 1. The number of benzene rings is 1. The molecule has 0 spiro atoms. The van der Waals surface area contributed by atoms with Crippen molar-refractivity contribution in [3.8, 4) is 0 Å². The van der Waals surface area contributed by atoms with Gasteiger partial charge in [-0.1, -0.05) is 37.3 Å². The number of hydrogen-bond acceptors (Lipinski definition) is 2. The Kier molecular flexibility index (Phi) is 4.97. The van der Waals surface area contributed by atoms with Crippen LogP contribution in [-0.2, 0) is 0 Å². The zero-order valence-corrected chi connectivity index (χ0v) is 13.6. The minimum Gasteiger partial charge on any atom is -0.313 e. The highest BCUT2D eigenvalue weighted by molar-refractivity contribution is 5.21. The highest BCUT2D eigenvalue weighted by Gasteiger charge is 2.35. The van der Waals surface area contributed by atoms with E-state index in [1.54, 1.807) is 0 Å². The lowest BCUT2D eigenvalue weighted by molar-refractivity contribution is 0.135. The van der Waals surface area contributed by atoms with E-state index in [1.807, 2.05) is 0 Å². The third-order valence-corrected chi connectivity index (χ3v) is 5.36. The second-order valence-electron chi connectivity index (χ2n) is 7.04. The Bertz CT molecular complexity index is 426. The SMILES string of the molecule is CCNC1CCC(c2ccccc2)CC1N(C)CC1CC1. The smallest absolute Gasteiger partial charge is 0.0252 e. The lowest BCUT2D eigenvalue weighted by Gasteiger charge is -2.42. The van der Waals surface area contributed by atoms with E-state index in [9.17, 15) is 0 Å². The van der Waals surface area contributed by atoms with Gasteiger partial charge in [-0.15, -0.1) is 0 Å². The van der Waals surface area contributed by atoms with Crippen molar-refractivity contribution in [3.63, 3.8) is 0 Å². The Morgan fingerprint density at radius 3 is 2.52 bits per heavy atom. The van der Waals surface area contributed by atoms with Crippen LogP contribution >= 0.6 is 0 Å². The van der Waals surface area contributed by atoms with Gasteiger partial charge in [-0.2, -0.15) is 0 Å². The fourth-order valence-electron chi connectivity index (χ4n) is 4.01. The normalized spacial score (nSPS) is 29.8. The van der Waals surface area contributed by atoms with E-state index in [-0.39, 0.29) is 0 Å². The molecule has 2 fully saturated rings. The first-order chi connectivity index (χ1) is 10.3. The van der Waals surface area contributed by atoms with Gasteiger partial charge in [0.15, 0.2) is 0 Å². The molecule has 1 aromatic rings. The average Bonchev–Trinajstić information content (AvgIpc) is 3.33. The molecule has 2 aliphatic carbocycles. The molecule has 2 nitrogen and oxygen atoms in total. The first kappa shape index (κ1) is 15.1. The van der Waals surface area contributed by atoms with Crippen LogP contribution in [0.25, 0.3) is 0 Å². The third kappa shape index (κ3) is 3.87. The number of rotatable bonds is 6. The van der Waals surface area contributed by atoms with Crippen LogP contribution in [-0.4, -0.2) is 37.1 Å². The molecule has 3 atom stereocenters. The van der Waals surface area contributed by atoms with Gasteiger partial charge in [0.25, 0.3) is 0 Å². The summed E-state index contributed by atoms with van der Waals surface area (Å²) in [5.41, 5.74) is 1.54. The molecule has 0 amide bonds. The minimum absolute atomic E-state index is 0.679. The number of likely N-dealkylation sites (N-methyl/N-ethyl adjacent to an activating group) is 2. The summed E-state index contributed by atoms with van der Waals surface area (Å²) >= 11 is 0. The van der Waals surface area contributed by atoms with E-state index in [2.05, 4.69) is 54.5 Å². The van der Waals surface area contributed by atoms with Crippen molar-refractivity contribution in [2.45, 2.75) is 57.0 Å². The molecule has 0 aliphatic heterocycles. The minimum atomic E-state index is 0.679. The van der Waals surface area contributed by atoms with Gasteiger partial charge < -0.3 is 10.2 Å². The topological polar surface area (TPSA) is 15.3 Å². The van der Waals surface area contributed by atoms with Crippen molar-refractivity contribution in [2.75, 3.05) is 20.1 Å². The van der Waals surface area contributed by atoms with Gasteiger partial charge >= 0.3 is 0 Å². The van der Waals surface area contributed by atoms with Crippen LogP contribution < -0.4 is 5.32 Å². The maximum absolute atomic E-state index is 3.74. The predicted octanol–water partition coefficient (Wildman–Crippen LogP) is 3.64. The summed E-state index contributed by atoms with van der Waals surface area (Å²) in [6.07, 6.45) is 6.85. The molecular weight excluding hydrogens is 256 g/mol. The van der Waals surface area contributed by atoms with E-state index >= 15 is 0 Å². The molecule has 2 heteroatoms. The van der Waals surface area contributed by atoms with Crippen LogP contribution in [0.3, 0.4) is 0 Å². The molecule has 0 heterocycles. The van der Waals surface area contributed by atoms with Crippen molar-refractivity contribution in [3.05, 3.63) is 35.9 Å². The monoisotopic (exact) mass is 286 g/mol. The van der Waals surface area contributed by atoms with E-state index in [4.69, 9.17) is 0 Å². The van der Waals surface area contributed by atoms with Gasteiger partial charge in [-0.25, -0.2) is 0 Å². The van der Waals surface area contributed by atoms with E-state index in [0.29, 0.717) is 12.1 Å². The van der Waals surface area contributed by atoms with Crippen molar-refractivity contribution in [2.24, 2.45) is 5.92 Å². The lowest BCUT2D eigenvalue weighted by atomic mass is 9.78. The second kappa shape index (κ2) is 6.93. The van der Waals surface area contributed by atoms with Crippen molar-refractivity contribution >= 4 is 0 Å². The zero-order valence-electron chi connectivity index (χ0n) is 13.6. The highest BCUT2D eigenvalue weighted by atomic mass is 15.2. The fraction of sp³-hybridized carbons (Fsp3) is 0.684. The van der Waals surface area contributed by atoms with Crippen LogP contribution in [0.15, 0.2) is 30.3 Å². The zero-order chi connectivity index (χ0) is 14.7. The molecule has 2 aliphatic rings. The van der Waals surface area contributed by atoms with Crippen LogP contribution in [0.1, 0.15) is 50.5 Å². The Morgan fingerprint density at radius 2 is 1.86 bits per heavy atom. The quantitative estimate of drug-likeness (QED) is 0.859. The van der Waals surface area contributed by atoms with E-state index in [1.165, 1.54) is 44.2 Å². The molecule has 1 aromatic carbocycles. The predicted molar refractivity (Wildman–Crippen MR) is 89.6 cm³/mol. The molecule has 0 aromatic heterocycles. The molecule has 0 saturated heterocycles. The summed E-state index contributed by atoms with van der Waals surface area (Å²) in [7, 11) is 2.35. The molecule has 3 rings (SSSR count). The van der Waals surface area contributed by atoms with Gasteiger partial charge in [0.05, 0.1) is 0 Å². The van der Waals surface area contributed by atoms with Gasteiger partial charge in [0.1, 0.15) is 0 Å². The number of hydrogen-bond donors (Lipinski definition) is 1. The van der Waals surface area contributed by atoms with Crippen LogP contribution in [0, 0.1) is 5.92 Å². The van der Waals surface area contributed by atoms with Crippen molar-refractivity contribution in [1.82, 2.24) is 10.2 Å². The summed E-state index contributed by atoms with van der Waals surface area (Å²) in [6, 6.07) is 12.5. The Labute approximate surface area is 129 Å². The molecule has 1 N–H and O–H groups in total. The molecule has 21 heavy (non-hydrogen) atoms. The van der Waals surface area contributed by atoms with Gasteiger partial charge in [-0.3, -0.25) is 0 Å².